The van der Waals surface area contributed by atoms with Crippen molar-refractivity contribution in [2.75, 3.05) is 5.75 Å². The van der Waals surface area contributed by atoms with E-state index in [4.69, 9.17) is 0 Å². The molecule has 0 saturated carbocycles. The number of carboxylic acid groups (broad SMARTS) is 1. The Kier molecular flexibility index (Phi) is 3.77. The summed E-state index contributed by atoms with van der Waals surface area (Å²) in [6.07, 6.45) is 2.19. The third-order valence-electron chi connectivity index (χ3n) is 5.06. The maximum atomic E-state index is 12.8. The van der Waals surface area contributed by atoms with E-state index in [2.05, 4.69) is 0 Å². The molecular formula is C16H21NO4S. The summed E-state index contributed by atoms with van der Waals surface area (Å²) < 4.78 is 27.0. The fourth-order valence-corrected chi connectivity index (χ4v) is 6.40. The van der Waals surface area contributed by atoms with E-state index >= 15 is 0 Å². The van der Waals surface area contributed by atoms with Crippen LogP contribution in [0.15, 0.2) is 30.3 Å². The Bertz CT molecular complexity index is 663. The van der Waals surface area contributed by atoms with Crippen LogP contribution in [0.3, 0.4) is 0 Å². The summed E-state index contributed by atoms with van der Waals surface area (Å²) in [6.45, 7) is 1.87. The van der Waals surface area contributed by atoms with Gasteiger partial charge < -0.3 is 5.11 Å². The first-order valence-corrected chi connectivity index (χ1v) is 9.28. The summed E-state index contributed by atoms with van der Waals surface area (Å²) in [5.41, 5.74) is -0.234. The van der Waals surface area contributed by atoms with E-state index < -0.39 is 21.5 Å². The molecule has 6 heteroatoms. The van der Waals surface area contributed by atoms with Gasteiger partial charge in [-0.05, 0) is 37.2 Å². The predicted octanol–water partition coefficient (Wildman–Crippen LogP) is 2.20. The Balaban J connectivity index is 1.86. The molecule has 2 saturated heterocycles. The molecule has 2 aliphatic rings. The quantitative estimate of drug-likeness (QED) is 0.901. The number of fused-ring (bicyclic) bond motifs is 2. The zero-order chi connectivity index (χ0) is 16.0. The van der Waals surface area contributed by atoms with Gasteiger partial charge in [-0.1, -0.05) is 37.3 Å². The number of benzene rings is 1. The zero-order valence-corrected chi connectivity index (χ0v) is 13.4. The van der Waals surface area contributed by atoms with Gasteiger partial charge in [0.2, 0.25) is 10.0 Å². The minimum absolute atomic E-state index is 0.0391. The number of rotatable bonds is 5. The first-order valence-electron chi connectivity index (χ1n) is 7.67. The highest BCUT2D eigenvalue weighted by atomic mass is 32.2. The Morgan fingerprint density at radius 1 is 1.32 bits per heavy atom. The van der Waals surface area contributed by atoms with E-state index in [9.17, 15) is 18.3 Å². The molecule has 1 aromatic rings. The van der Waals surface area contributed by atoms with Crippen molar-refractivity contribution in [2.24, 2.45) is 0 Å². The van der Waals surface area contributed by atoms with Crippen molar-refractivity contribution < 1.29 is 18.3 Å². The van der Waals surface area contributed by atoms with Crippen molar-refractivity contribution in [1.82, 2.24) is 4.31 Å². The second-order valence-corrected chi connectivity index (χ2v) is 8.34. The average Bonchev–Trinajstić information content (AvgIpc) is 3.05. The van der Waals surface area contributed by atoms with Gasteiger partial charge in [-0.2, -0.15) is 4.31 Å². The van der Waals surface area contributed by atoms with Crippen molar-refractivity contribution in [3.05, 3.63) is 35.9 Å². The molecule has 2 heterocycles. The number of aliphatic carboxylic acids is 1. The maximum absolute atomic E-state index is 12.8. The molecule has 1 unspecified atom stereocenters. The number of nitrogens with zero attached hydrogens (tertiary/aromatic N) is 1. The van der Waals surface area contributed by atoms with E-state index in [0.29, 0.717) is 25.7 Å². The predicted molar refractivity (Wildman–Crippen MR) is 83.1 cm³/mol. The highest BCUT2D eigenvalue weighted by Gasteiger charge is 2.61. The Morgan fingerprint density at radius 3 is 2.45 bits per heavy atom. The Labute approximate surface area is 131 Å². The molecule has 2 bridgehead atoms. The van der Waals surface area contributed by atoms with Crippen LogP contribution >= 0.6 is 0 Å². The molecule has 3 rings (SSSR count). The smallest absolute Gasteiger partial charge is 0.325 e. The van der Waals surface area contributed by atoms with Crippen LogP contribution in [0.1, 0.15) is 44.1 Å². The summed E-state index contributed by atoms with van der Waals surface area (Å²) >= 11 is 0. The lowest BCUT2D eigenvalue weighted by Gasteiger charge is -2.30. The van der Waals surface area contributed by atoms with Gasteiger partial charge in [-0.15, -0.1) is 0 Å². The van der Waals surface area contributed by atoms with Gasteiger partial charge in [0.25, 0.3) is 0 Å². The molecule has 2 fully saturated rings. The first kappa shape index (κ1) is 15.5. The third kappa shape index (κ3) is 2.34. The normalized spacial score (nSPS) is 29.6. The lowest BCUT2D eigenvalue weighted by molar-refractivity contribution is -0.146. The fraction of sp³-hybridized carbons (Fsp3) is 0.562. The van der Waals surface area contributed by atoms with E-state index in [0.717, 1.165) is 5.56 Å². The summed E-state index contributed by atoms with van der Waals surface area (Å²) in [6, 6.07) is 9.35. The minimum atomic E-state index is -3.59. The van der Waals surface area contributed by atoms with Gasteiger partial charge in [-0.3, -0.25) is 4.79 Å². The van der Waals surface area contributed by atoms with Crippen LogP contribution in [0.2, 0.25) is 0 Å². The summed E-state index contributed by atoms with van der Waals surface area (Å²) in [4.78, 5) is 11.7. The van der Waals surface area contributed by atoms with Crippen LogP contribution in [0.5, 0.6) is 0 Å². The molecule has 1 aromatic carbocycles. The van der Waals surface area contributed by atoms with Crippen LogP contribution in [0, 0.1) is 0 Å². The molecule has 1 N–H and O–H groups in total. The molecule has 1 atom stereocenters. The number of carbonyl (C=O) groups is 1. The summed E-state index contributed by atoms with van der Waals surface area (Å²) in [5.74, 6) is -1.19. The summed E-state index contributed by atoms with van der Waals surface area (Å²) in [7, 11) is -3.59. The van der Waals surface area contributed by atoms with Crippen LogP contribution in [-0.2, 0) is 14.8 Å². The van der Waals surface area contributed by atoms with Gasteiger partial charge in [0, 0.05) is 6.04 Å². The number of carboxylic acids is 1. The standard InChI is InChI=1S/C16H21NO4S/c1-12(13-5-3-2-4-6-13)11-22(20,21)17-14-7-9-16(17,10-8-14)15(18)19/h2-6,12,14H,7-11H2,1H3,(H,18,19). The third-order valence-corrected chi connectivity index (χ3v) is 7.23. The summed E-state index contributed by atoms with van der Waals surface area (Å²) in [5, 5.41) is 9.57. The molecule has 0 spiro atoms. The molecule has 0 radical (unpaired) electrons. The van der Waals surface area contributed by atoms with E-state index in [1.165, 1.54) is 4.31 Å². The van der Waals surface area contributed by atoms with E-state index in [-0.39, 0.29) is 17.7 Å². The van der Waals surface area contributed by atoms with Crippen molar-refractivity contribution >= 4 is 16.0 Å². The zero-order valence-electron chi connectivity index (χ0n) is 12.6. The van der Waals surface area contributed by atoms with Crippen molar-refractivity contribution in [3.8, 4) is 0 Å². The second-order valence-electron chi connectivity index (χ2n) is 6.45. The van der Waals surface area contributed by atoms with E-state index in [1.807, 2.05) is 37.3 Å². The SMILES string of the molecule is CC(CS(=O)(=O)N1C2CCC1(C(=O)O)CC2)c1ccccc1. The monoisotopic (exact) mass is 323 g/mol. The maximum Gasteiger partial charge on any atom is 0.325 e. The topological polar surface area (TPSA) is 74.7 Å². The van der Waals surface area contributed by atoms with Crippen LogP contribution in [0.4, 0.5) is 0 Å². The van der Waals surface area contributed by atoms with Crippen LogP contribution in [0.25, 0.3) is 0 Å². The Hall–Kier alpha value is -1.40. The molecule has 5 nitrogen and oxygen atoms in total. The molecule has 22 heavy (non-hydrogen) atoms. The van der Waals surface area contributed by atoms with Crippen molar-refractivity contribution in [2.45, 2.75) is 50.1 Å². The van der Waals surface area contributed by atoms with Crippen LogP contribution in [-0.4, -0.2) is 41.1 Å². The minimum Gasteiger partial charge on any atom is -0.480 e. The molecule has 0 aromatic heterocycles. The molecule has 2 aliphatic heterocycles. The number of hydrogen-bond acceptors (Lipinski definition) is 3. The lowest BCUT2D eigenvalue weighted by atomic mass is 9.88. The van der Waals surface area contributed by atoms with Gasteiger partial charge in [0.1, 0.15) is 5.54 Å². The van der Waals surface area contributed by atoms with Crippen molar-refractivity contribution in [3.63, 3.8) is 0 Å². The highest BCUT2D eigenvalue weighted by Crippen LogP contribution is 2.48. The van der Waals surface area contributed by atoms with Crippen LogP contribution < -0.4 is 0 Å². The molecule has 0 amide bonds. The van der Waals surface area contributed by atoms with Gasteiger partial charge >= 0.3 is 5.97 Å². The Morgan fingerprint density at radius 2 is 1.91 bits per heavy atom. The molecule has 120 valence electrons. The fourth-order valence-electron chi connectivity index (χ4n) is 3.96. The van der Waals surface area contributed by atoms with Gasteiger partial charge in [0.05, 0.1) is 5.75 Å². The molecular weight excluding hydrogens is 302 g/mol. The highest BCUT2D eigenvalue weighted by molar-refractivity contribution is 7.89. The first-order chi connectivity index (χ1) is 10.4. The van der Waals surface area contributed by atoms with Gasteiger partial charge in [0.15, 0.2) is 0 Å². The number of hydrogen-bond donors (Lipinski definition) is 1. The largest absolute Gasteiger partial charge is 0.480 e. The number of sulfonamides is 1. The lowest BCUT2D eigenvalue weighted by Crippen LogP contribution is -2.51. The van der Waals surface area contributed by atoms with E-state index in [1.54, 1.807) is 0 Å². The van der Waals surface area contributed by atoms with Crippen molar-refractivity contribution in [1.29, 1.82) is 0 Å². The average molecular weight is 323 g/mol. The molecule has 0 aliphatic carbocycles. The second kappa shape index (κ2) is 5.35. The van der Waals surface area contributed by atoms with Gasteiger partial charge in [-0.25, -0.2) is 8.42 Å².